The van der Waals surface area contributed by atoms with Gasteiger partial charge in [-0.2, -0.15) is 0 Å². The molecule has 0 saturated heterocycles. The van der Waals surface area contributed by atoms with Gasteiger partial charge in [0.1, 0.15) is 11.6 Å². The van der Waals surface area contributed by atoms with Gasteiger partial charge in [-0.15, -0.1) is 0 Å². The number of carbonyl (C=O) groups excluding carboxylic acids is 1. The molecule has 1 rings (SSSR count). The number of carboxylic acids is 1. The molecule has 1 atom stereocenters. The number of nitrogens with two attached hydrogens (primary N) is 1. The molecule has 1 aromatic rings. The predicted molar refractivity (Wildman–Crippen MR) is 54.5 cm³/mol. The highest BCUT2D eigenvalue weighted by Crippen LogP contribution is 2.12. The van der Waals surface area contributed by atoms with Crippen molar-refractivity contribution in [2.45, 2.75) is 12.5 Å². The third-order valence-corrected chi connectivity index (χ3v) is 1.93. The van der Waals surface area contributed by atoms with E-state index in [1.54, 1.807) is 0 Å². The SMILES string of the molecule is NC(CC(=O)O)C(=O)c1ccc(F)cc1F.O. The van der Waals surface area contributed by atoms with Crippen molar-refractivity contribution in [3.05, 3.63) is 35.4 Å². The van der Waals surface area contributed by atoms with Gasteiger partial charge in [0.2, 0.25) is 0 Å². The number of carboxylic acid groups (broad SMARTS) is 1. The molecule has 0 aliphatic rings. The van der Waals surface area contributed by atoms with E-state index >= 15 is 0 Å². The van der Waals surface area contributed by atoms with Crippen molar-refractivity contribution in [1.82, 2.24) is 0 Å². The third-order valence-electron chi connectivity index (χ3n) is 1.93. The minimum atomic E-state index is -1.34. The molecule has 0 saturated carbocycles. The van der Waals surface area contributed by atoms with Crippen molar-refractivity contribution in [3.63, 3.8) is 0 Å². The van der Waals surface area contributed by atoms with E-state index < -0.39 is 41.4 Å². The molecule has 1 aromatic carbocycles. The first-order valence-corrected chi connectivity index (χ1v) is 4.38. The summed E-state index contributed by atoms with van der Waals surface area (Å²) >= 11 is 0. The lowest BCUT2D eigenvalue weighted by molar-refractivity contribution is -0.137. The number of hydrogen-bond donors (Lipinski definition) is 2. The third kappa shape index (κ3) is 3.89. The zero-order valence-corrected chi connectivity index (χ0v) is 8.61. The van der Waals surface area contributed by atoms with Crippen LogP contribution in [0.15, 0.2) is 18.2 Å². The van der Waals surface area contributed by atoms with Crippen LogP contribution in [-0.4, -0.2) is 28.4 Å². The van der Waals surface area contributed by atoms with Gasteiger partial charge in [0.15, 0.2) is 5.78 Å². The monoisotopic (exact) mass is 247 g/mol. The van der Waals surface area contributed by atoms with Crippen LogP contribution in [-0.2, 0) is 4.79 Å². The quantitative estimate of drug-likeness (QED) is 0.736. The first kappa shape index (κ1) is 15.1. The highest BCUT2D eigenvalue weighted by atomic mass is 19.1. The molecule has 0 fully saturated rings. The number of halogens is 2. The average Bonchev–Trinajstić information content (AvgIpc) is 2.15. The smallest absolute Gasteiger partial charge is 0.305 e. The Morgan fingerprint density at radius 1 is 1.35 bits per heavy atom. The van der Waals surface area contributed by atoms with Crippen LogP contribution in [0, 0.1) is 11.6 Å². The molecular weight excluding hydrogens is 236 g/mol. The van der Waals surface area contributed by atoms with Crippen molar-refractivity contribution in [2.24, 2.45) is 5.73 Å². The van der Waals surface area contributed by atoms with Crippen molar-refractivity contribution in [3.8, 4) is 0 Å². The largest absolute Gasteiger partial charge is 0.481 e. The van der Waals surface area contributed by atoms with Gasteiger partial charge in [0.25, 0.3) is 0 Å². The lowest BCUT2D eigenvalue weighted by Gasteiger charge is -2.08. The maximum atomic E-state index is 13.1. The lowest BCUT2D eigenvalue weighted by atomic mass is 10.0. The van der Waals surface area contributed by atoms with Crippen LogP contribution in [0.5, 0.6) is 0 Å². The minimum absolute atomic E-state index is 0. The fraction of sp³-hybridized carbons (Fsp3) is 0.200. The van der Waals surface area contributed by atoms with Crippen LogP contribution < -0.4 is 5.73 Å². The van der Waals surface area contributed by atoms with Crippen LogP contribution in [0.3, 0.4) is 0 Å². The van der Waals surface area contributed by atoms with Crippen molar-refractivity contribution < 1.29 is 29.0 Å². The second-order valence-corrected chi connectivity index (χ2v) is 3.19. The Morgan fingerprint density at radius 3 is 2.41 bits per heavy atom. The van der Waals surface area contributed by atoms with E-state index in [0.717, 1.165) is 12.1 Å². The van der Waals surface area contributed by atoms with E-state index in [1.807, 2.05) is 0 Å². The zero-order valence-electron chi connectivity index (χ0n) is 8.61. The minimum Gasteiger partial charge on any atom is -0.481 e. The van der Waals surface area contributed by atoms with E-state index in [1.165, 1.54) is 0 Å². The molecule has 0 aromatic heterocycles. The van der Waals surface area contributed by atoms with Crippen molar-refractivity contribution >= 4 is 11.8 Å². The standard InChI is InChI=1S/C10H9F2NO3.H2O/c11-5-1-2-6(7(12)3-5)10(16)8(13)4-9(14)15;/h1-3,8H,4,13H2,(H,14,15);1H2. The van der Waals surface area contributed by atoms with Gasteiger partial charge in [-0.3, -0.25) is 9.59 Å². The summed E-state index contributed by atoms with van der Waals surface area (Å²) in [6.45, 7) is 0. The van der Waals surface area contributed by atoms with Gasteiger partial charge in [-0.1, -0.05) is 0 Å². The molecule has 17 heavy (non-hydrogen) atoms. The van der Waals surface area contributed by atoms with Crippen molar-refractivity contribution in [1.29, 1.82) is 0 Å². The van der Waals surface area contributed by atoms with Gasteiger partial charge >= 0.3 is 5.97 Å². The number of Topliss-reactive ketones (excluding diaryl/α,β-unsaturated/α-hetero) is 1. The van der Waals surface area contributed by atoms with Crippen LogP contribution in [0.25, 0.3) is 0 Å². The molecule has 0 radical (unpaired) electrons. The number of benzene rings is 1. The Balaban J connectivity index is 0.00000256. The highest BCUT2D eigenvalue weighted by molar-refractivity contribution is 6.01. The summed E-state index contributed by atoms with van der Waals surface area (Å²) in [5.41, 5.74) is 4.86. The van der Waals surface area contributed by atoms with Gasteiger partial charge in [-0.05, 0) is 12.1 Å². The Labute approximate surface area is 95.2 Å². The fourth-order valence-corrected chi connectivity index (χ4v) is 1.17. The maximum absolute atomic E-state index is 13.1. The predicted octanol–water partition coefficient (Wildman–Crippen LogP) is 0.125. The van der Waals surface area contributed by atoms with Gasteiger partial charge in [0, 0.05) is 6.07 Å². The number of aliphatic carboxylic acids is 1. The average molecular weight is 247 g/mol. The second kappa shape index (κ2) is 6.02. The summed E-state index contributed by atoms with van der Waals surface area (Å²) in [7, 11) is 0. The second-order valence-electron chi connectivity index (χ2n) is 3.19. The Bertz CT molecular complexity index is 436. The zero-order chi connectivity index (χ0) is 12.3. The van der Waals surface area contributed by atoms with E-state index in [0.29, 0.717) is 6.07 Å². The molecule has 5 nitrogen and oxygen atoms in total. The van der Waals surface area contributed by atoms with E-state index in [9.17, 15) is 18.4 Å². The van der Waals surface area contributed by atoms with E-state index in [2.05, 4.69) is 0 Å². The first-order chi connectivity index (χ1) is 7.41. The summed E-state index contributed by atoms with van der Waals surface area (Å²) in [5, 5.41) is 8.41. The van der Waals surface area contributed by atoms with Crippen LogP contribution in [0.2, 0.25) is 0 Å². The molecule has 7 heteroatoms. The molecule has 0 amide bonds. The number of carbonyl (C=O) groups is 2. The summed E-state index contributed by atoms with van der Waals surface area (Å²) in [6, 6.07) is 1.05. The molecule has 1 unspecified atom stereocenters. The molecule has 94 valence electrons. The topological polar surface area (TPSA) is 112 Å². The molecule has 0 spiro atoms. The highest BCUT2D eigenvalue weighted by Gasteiger charge is 2.21. The summed E-state index contributed by atoms with van der Waals surface area (Å²) in [6.07, 6.45) is -0.602. The Hall–Kier alpha value is -1.86. The van der Waals surface area contributed by atoms with Crippen LogP contribution >= 0.6 is 0 Å². The van der Waals surface area contributed by atoms with Gasteiger partial charge < -0.3 is 16.3 Å². The number of hydrogen-bond acceptors (Lipinski definition) is 3. The molecular formula is C10H11F2NO4. The van der Waals surface area contributed by atoms with Gasteiger partial charge in [0.05, 0.1) is 18.0 Å². The van der Waals surface area contributed by atoms with Crippen molar-refractivity contribution in [2.75, 3.05) is 0 Å². The normalized spacial score (nSPS) is 11.5. The summed E-state index contributed by atoms with van der Waals surface area (Å²) in [4.78, 5) is 21.8. The van der Waals surface area contributed by atoms with Crippen LogP contribution in [0.1, 0.15) is 16.8 Å². The molecule has 0 aliphatic heterocycles. The fourth-order valence-electron chi connectivity index (χ4n) is 1.17. The first-order valence-electron chi connectivity index (χ1n) is 4.38. The summed E-state index contributed by atoms with van der Waals surface area (Å²) in [5.74, 6) is -3.99. The molecule has 0 bridgehead atoms. The lowest BCUT2D eigenvalue weighted by Crippen LogP contribution is -2.33. The van der Waals surface area contributed by atoms with Gasteiger partial charge in [-0.25, -0.2) is 8.78 Å². The van der Waals surface area contributed by atoms with E-state index in [-0.39, 0.29) is 5.48 Å². The number of ketones is 1. The number of rotatable bonds is 4. The Kier molecular flexibility index (Phi) is 5.36. The summed E-state index contributed by atoms with van der Waals surface area (Å²) < 4.78 is 25.7. The molecule has 0 heterocycles. The molecule has 5 N–H and O–H groups in total. The maximum Gasteiger partial charge on any atom is 0.305 e. The molecule has 0 aliphatic carbocycles. The van der Waals surface area contributed by atoms with Crippen LogP contribution in [0.4, 0.5) is 8.78 Å². The Morgan fingerprint density at radius 2 is 1.94 bits per heavy atom. The van der Waals surface area contributed by atoms with E-state index in [4.69, 9.17) is 10.8 Å².